The summed E-state index contributed by atoms with van der Waals surface area (Å²) in [5.74, 6) is 1.12. The van der Waals surface area contributed by atoms with Crippen molar-refractivity contribution >= 4 is 5.97 Å². The van der Waals surface area contributed by atoms with E-state index in [4.69, 9.17) is 9.47 Å². The number of methoxy groups -OCH3 is 1. The molecule has 0 saturated heterocycles. The largest absolute Gasteiger partial charge is 0.493 e. The second-order valence-corrected chi connectivity index (χ2v) is 9.37. The highest BCUT2D eigenvalue weighted by Gasteiger charge is 2.34. The lowest BCUT2D eigenvalue weighted by atomic mass is 9.83. The van der Waals surface area contributed by atoms with Gasteiger partial charge in [0.1, 0.15) is 5.75 Å². The van der Waals surface area contributed by atoms with Gasteiger partial charge in [-0.1, -0.05) is 63.8 Å². The fourth-order valence-corrected chi connectivity index (χ4v) is 4.52. The molecule has 1 fully saturated rings. The first-order valence-electron chi connectivity index (χ1n) is 12.4. The Kier molecular flexibility index (Phi) is 8.78. The first-order valence-corrected chi connectivity index (χ1v) is 12.4. The van der Waals surface area contributed by atoms with Gasteiger partial charge in [0.15, 0.2) is 0 Å². The van der Waals surface area contributed by atoms with Crippen LogP contribution < -0.4 is 4.74 Å². The molecular formula is C29H40O3. The third-order valence-corrected chi connectivity index (χ3v) is 6.72. The maximum Gasteiger partial charge on any atom is 0.313 e. The van der Waals surface area contributed by atoms with Crippen LogP contribution in [-0.2, 0) is 16.0 Å². The van der Waals surface area contributed by atoms with Crippen LogP contribution in [0, 0.1) is 19.8 Å². The highest BCUT2D eigenvalue weighted by Crippen LogP contribution is 2.46. The summed E-state index contributed by atoms with van der Waals surface area (Å²) in [7, 11) is 1.51. The molecule has 1 atom stereocenters. The number of carbonyl (C=O) groups is 1. The van der Waals surface area contributed by atoms with E-state index in [2.05, 4.69) is 58.0 Å². The second-order valence-electron chi connectivity index (χ2n) is 9.37. The van der Waals surface area contributed by atoms with Gasteiger partial charge in [-0.25, -0.2) is 0 Å². The lowest BCUT2D eigenvalue weighted by molar-refractivity contribution is -0.142. The molecule has 1 aliphatic rings. The van der Waals surface area contributed by atoms with Crippen LogP contribution in [0.4, 0.5) is 0 Å². The van der Waals surface area contributed by atoms with Crippen LogP contribution in [0.5, 0.6) is 5.75 Å². The molecule has 0 aromatic heterocycles. The predicted molar refractivity (Wildman–Crippen MR) is 132 cm³/mol. The monoisotopic (exact) mass is 436 g/mol. The zero-order chi connectivity index (χ0) is 23.1. The summed E-state index contributed by atoms with van der Waals surface area (Å²) in [6.45, 7) is 9.40. The minimum absolute atomic E-state index is 0.134. The summed E-state index contributed by atoms with van der Waals surface area (Å²) < 4.78 is 11.6. The molecule has 0 aliphatic heterocycles. The van der Waals surface area contributed by atoms with Gasteiger partial charge in [-0.3, -0.25) is 4.79 Å². The molecular weight excluding hydrogens is 396 g/mol. The average Bonchev–Trinajstić information content (AvgIpc) is 3.62. The van der Waals surface area contributed by atoms with Gasteiger partial charge < -0.3 is 9.47 Å². The Hall–Kier alpha value is -2.29. The van der Waals surface area contributed by atoms with Gasteiger partial charge in [-0.2, -0.15) is 0 Å². The number of aryl methyl sites for hydroxylation is 3. The first kappa shape index (κ1) is 24.4. The lowest BCUT2D eigenvalue weighted by Gasteiger charge is -2.24. The van der Waals surface area contributed by atoms with Crippen LogP contribution in [0.25, 0.3) is 11.1 Å². The van der Waals surface area contributed by atoms with Crippen molar-refractivity contribution in [3.8, 4) is 16.9 Å². The molecule has 3 nitrogen and oxygen atoms in total. The number of esters is 1. The average molecular weight is 437 g/mol. The van der Waals surface area contributed by atoms with Gasteiger partial charge in [0.25, 0.3) is 0 Å². The van der Waals surface area contributed by atoms with E-state index in [1.807, 2.05) is 0 Å². The Balaban J connectivity index is 2.16. The predicted octanol–water partition coefficient (Wildman–Crippen LogP) is 7.55. The van der Waals surface area contributed by atoms with Gasteiger partial charge in [-0.05, 0) is 79.3 Å². The summed E-state index contributed by atoms with van der Waals surface area (Å²) >= 11 is 0. The molecule has 0 amide bonds. The van der Waals surface area contributed by atoms with Crippen LogP contribution in [0.2, 0.25) is 0 Å². The fraction of sp³-hybridized carbons (Fsp3) is 0.552. The standard InChI is InChI=1S/C29H40O3/c1-6-8-10-23-19-24(15-11-20(23)3)28-26(32-17-9-7-2)16-12-21(4)27(28)25(29(30)31-5)18-22-13-14-22/h11-12,15-16,19,22,25H,6-10,13-14,17-18H2,1-5H3. The van der Waals surface area contributed by atoms with Crippen molar-refractivity contribution in [2.24, 2.45) is 5.92 Å². The summed E-state index contributed by atoms with van der Waals surface area (Å²) in [5, 5.41) is 0. The molecule has 1 unspecified atom stereocenters. The normalized spacial score (nSPS) is 14.3. The summed E-state index contributed by atoms with van der Waals surface area (Å²) in [4.78, 5) is 13.0. The van der Waals surface area contributed by atoms with Gasteiger partial charge in [0, 0.05) is 5.56 Å². The van der Waals surface area contributed by atoms with E-state index >= 15 is 0 Å². The van der Waals surface area contributed by atoms with Gasteiger partial charge in [0.05, 0.1) is 19.6 Å². The molecule has 3 rings (SSSR count). The number of hydrogen-bond donors (Lipinski definition) is 0. The maximum atomic E-state index is 13.0. The van der Waals surface area contributed by atoms with Crippen molar-refractivity contribution in [1.29, 1.82) is 0 Å². The van der Waals surface area contributed by atoms with E-state index < -0.39 is 0 Å². The van der Waals surface area contributed by atoms with Gasteiger partial charge in [-0.15, -0.1) is 0 Å². The quantitative estimate of drug-likeness (QED) is 0.254. The van der Waals surface area contributed by atoms with E-state index in [1.54, 1.807) is 0 Å². The van der Waals surface area contributed by atoms with Crippen molar-refractivity contribution < 1.29 is 14.3 Å². The molecule has 0 radical (unpaired) electrons. The number of benzene rings is 2. The van der Waals surface area contributed by atoms with Crippen molar-refractivity contribution in [3.63, 3.8) is 0 Å². The van der Waals surface area contributed by atoms with Gasteiger partial charge >= 0.3 is 5.97 Å². The smallest absolute Gasteiger partial charge is 0.313 e. The maximum absolute atomic E-state index is 13.0. The zero-order valence-electron chi connectivity index (χ0n) is 20.6. The third kappa shape index (κ3) is 5.94. The number of ether oxygens (including phenoxy) is 2. The highest BCUT2D eigenvalue weighted by atomic mass is 16.5. The van der Waals surface area contributed by atoms with Crippen LogP contribution in [0.15, 0.2) is 30.3 Å². The van der Waals surface area contributed by atoms with Crippen LogP contribution in [0.3, 0.4) is 0 Å². The highest BCUT2D eigenvalue weighted by molar-refractivity contribution is 5.86. The Morgan fingerprint density at radius 3 is 2.41 bits per heavy atom. The van der Waals surface area contributed by atoms with Crippen molar-refractivity contribution in [2.45, 2.75) is 85.0 Å². The molecule has 0 N–H and O–H groups in total. The van der Waals surface area contributed by atoms with Crippen LogP contribution in [-0.4, -0.2) is 19.7 Å². The Labute approximate surface area is 194 Å². The molecule has 174 valence electrons. The van der Waals surface area contributed by atoms with Crippen molar-refractivity contribution in [2.75, 3.05) is 13.7 Å². The van der Waals surface area contributed by atoms with E-state index in [-0.39, 0.29) is 11.9 Å². The van der Waals surface area contributed by atoms with Crippen molar-refractivity contribution in [1.82, 2.24) is 0 Å². The van der Waals surface area contributed by atoms with Crippen molar-refractivity contribution in [3.05, 3.63) is 52.6 Å². The fourth-order valence-electron chi connectivity index (χ4n) is 4.52. The molecule has 2 aromatic carbocycles. The number of hydrogen-bond acceptors (Lipinski definition) is 3. The Morgan fingerprint density at radius 1 is 1.03 bits per heavy atom. The minimum Gasteiger partial charge on any atom is -0.493 e. The molecule has 2 aromatic rings. The Bertz CT molecular complexity index is 911. The lowest BCUT2D eigenvalue weighted by Crippen LogP contribution is -2.18. The van der Waals surface area contributed by atoms with Crippen LogP contribution in [0.1, 0.15) is 87.0 Å². The molecule has 3 heteroatoms. The third-order valence-electron chi connectivity index (χ3n) is 6.72. The number of unbranched alkanes of at least 4 members (excludes halogenated alkanes) is 2. The summed E-state index contributed by atoms with van der Waals surface area (Å²) in [5.41, 5.74) is 7.16. The molecule has 0 bridgehead atoms. The van der Waals surface area contributed by atoms with E-state index in [9.17, 15) is 4.79 Å². The minimum atomic E-state index is -0.252. The van der Waals surface area contributed by atoms with Gasteiger partial charge in [0.2, 0.25) is 0 Å². The molecule has 1 aliphatic carbocycles. The molecule has 0 spiro atoms. The molecule has 1 saturated carbocycles. The van der Waals surface area contributed by atoms with E-state index in [1.165, 1.54) is 43.9 Å². The second kappa shape index (κ2) is 11.5. The van der Waals surface area contributed by atoms with E-state index in [0.29, 0.717) is 12.5 Å². The summed E-state index contributed by atoms with van der Waals surface area (Å²) in [6.07, 6.45) is 8.81. The topological polar surface area (TPSA) is 35.5 Å². The number of carbonyl (C=O) groups excluding carboxylic acids is 1. The first-order chi connectivity index (χ1) is 15.5. The van der Waals surface area contributed by atoms with E-state index in [0.717, 1.165) is 53.7 Å². The zero-order valence-corrected chi connectivity index (χ0v) is 20.6. The Morgan fingerprint density at radius 2 is 1.75 bits per heavy atom. The molecule has 32 heavy (non-hydrogen) atoms. The number of rotatable bonds is 12. The summed E-state index contributed by atoms with van der Waals surface area (Å²) in [6, 6.07) is 10.9. The van der Waals surface area contributed by atoms with Crippen LogP contribution >= 0.6 is 0 Å². The SMILES string of the molecule is CCCCOc1ccc(C)c(C(CC2CC2)C(=O)OC)c1-c1ccc(C)c(CCCC)c1. The molecule has 0 heterocycles.